The number of rotatable bonds is 2. The third kappa shape index (κ3) is 4.16. The molecule has 0 aliphatic carbocycles. The Kier molecular flexibility index (Phi) is 5.49. The minimum atomic E-state index is 1.01. The van der Waals surface area contributed by atoms with Gasteiger partial charge in [-0.25, -0.2) is 0 Å². The summed E-state index contributed by atoms with van der Waals surface area (Å²) >= 11 is 8.65. The lowest BCUT2D eigenvalue weighted by atomic mass is 10.1. The molecule has 0 saturated carbocycles. The zero-order chi connectivity index (χ0) is 19.5. The van der Waals surface area contributed by atoms with Gasteiger partial charge in [-0.15, -0.1) is 56.7 Å². The largest absolute Gasteiger partial charge is 0.143 e. The Bertz CT molecular complexity index is 1340. The van der Waals surface area contributed by atoms with Crippen molar-refractivity contribution in [1.82, 2.24) is 0 Å². The zero-order valence-electron chi connectivity index (χ0n) is 15.0. The Balaban J connectivity index is 1.58. The number of hydrogen-bond acceptors (Lipinski definition) is 5. The zero-order valence-corrected chi connectivity index (χ0v) is 19.1. The summed E-state index contributed by atoms with van der Waals surface area (Å²) in [6.07, 6.45) is 0. The van der Waals surface area contributed by atoms with Crippen molar-refractivity contribution < 1.29 is 0 Å². The van der Waals surface area contributed by atoms with Crippen molar-refractivity contribution in [3.8, 4) is 43.2 Å². The first-order chi connectivity index (χ1) is 14.4. The molecule has 0 aromatic carbocycles. The lowest BCUT2D eigenvalue weighted by molar-refractivity contribution is 1.73. The minimum Gasteiger partial charge on any atom is -0.143 e. The molecule has 0 fully saturated rings. The minimum absolute atomic E-state index is 1.01. The highest BCUT2D eigenvalue weighted by Gasteiger charge is 2.14. The van der Waals surface area contributed by atoms with Crippen LogP contribution in [0.5, 0.6) is 0 Å². The molecule has 0 aliphatic rings. The van der Waals surface area contributed by atoms with E-state index >= 15 is 0 Å². The van der Waals surface area contributed by atoms with Gasteiger partial charge in [0.05, 0.1) is 25.8 Å². The van der Waals surface area contributed by atoms with E-state index in [9.17, 15) is 0 Å². The van der Waals surface area contributed by atoms with Crippen molar-refractivity contribution in [2.45, 2.75) is 0 Å². The van der Waals surface area contributed by atoms with Crippen molar-refractivity contribution in [3.05, 3.63) is 90.9 Å². The van der Waals surface area contributed by atoms with Crippen LogP contribution in [-0.2, 0) is 0 Å². The first-order valence-corrected chi connectivity index (χ1v) is 13.1. The average molecular weight is 461 g/mol. The molecular weight excluding hydrogens is 449 g/mol. The van der Waals surface area contributed by atoms with Crippen LogP contribution in [0.15, 0.2) is 70.1 Å². The van der Waals surface area contributed by atoms with E-state index in [0.29, 0.717) is 0 Å². The standard InChI is InChI=1S/C24H12S5/c1-4-18(25-13-1)8-7-17-16-28-24(20(17)10-9-19-5-2-14-26-19)23-12-11-22(29-23)21-6-3-15-27-21/h1-6,11-16H. The summed E-state index contributed by atoms with van der Waals surface area (Å²) in [6.45, 7) is 0. The molecular formula is C24H12S5. The SMILES string of the molecule is C(#Cc1csc(-c2ccc(-c3cccs3)s2)c1C#Cc1cccs1)c1cccs1. The van der Waals surface area contributed by atoms with E-state index in [1.165, 1.54) is 19.5 Å². The van der Waals surface area contributed by atoms with Gasteiger partial charge in [-0.05, 0) is 46.5 Å². The van der Waals surface area contributed by atoms with Crippen molar-refractivity contribution in [3.63, 3.8) is 0 Å². The second-order valence-electron chi connectivity index (χ2n) is 5.95. The quantitative estimate of drug-likeness (QED) is 0.233. The van der Waals surface area contributed by atoms with Crippen LogP contribution in [0, 0.1) is 23.7 Å². The van der Waals surface area contributed by atoms with Crippen LogP contribution in [0.4, 0.5) is 0 Å². The van der Waals surface area contributed by atoms with Gasteiger partial charge in [0.15, 0.2) is 0 Å². The summed E-state index contributed by atoms with van der Waals surface area (Å²) in [5.41, 5.74) is 2.04. The van der Waals surface area contributed by atoms with Gasteiger partial charge >= 0.3 is 0 Å². The van der Waals surface area contributed by atoms with E-state index in [-0.39, 0.29) is 0 Å². The van der Waals surface area contributed by atoms with Crippen LogP contribution in [-0.4, -0.2) is 0 Å². The van der Waals surface area contributed by atoms with Gasteiger partial charge in [0, 0.05) is 20.0 Å². The summed E-state index contributed by atoms with van der Waals surface area (Å²) < 4.78 is 0. The topological polar surface area (TPSA) is 0 Å². The molecule has 5 heteroatoms. The molecule has 5 heterocycles. The van der Waals surface area contributed by atoms with Crippen molar-refractivity contribution in [2.24, 2.45) is 0 Å². The predicted octanol–water partition coefficient (Wildman–Crippen LogP) is 8.13. The normalized spacial score (nSPS) is 10.2. The monoisotopic (exact) mass is 460 g/mol. The molecule has 0 unspecified atom stereocenters. The highest BCUT2D eigenvalue weighted by atomic mass is 32.1. The molecule has 138 valence electrons. The molecule has 29 heavy (non-hydrogen) atoms. The molecule has 5 aromatic heterocycles. The smallest absolute Gasteiger partial charge is 0.0772 e. The maximum atomic E-state index is 3.42. The Morgan fingerprint density at radius 3 is 1.93 bits per heavy atom. The molecule has 0 radical (unpaired) electrons. The van der Waals surface area contributed by atoms with Crippen molar-refractivity contribution >= 4 is 56.7 Å². The van der Waals surface area contributed by atoms with Gasteiger partial charge in [0.1, 0.15) is 0 Å². The first-order valence-electron chi connectivity index (χ1n) is 8.73. The number of hydrogen-bond donors (Lipinski definition) is 0. The first kappa shape index (κ1) is 18.6. The lowest BCUT2D eigenvalue weighted by Gasteiger charge is -1.95. The molecule has 0 spiro atoms. The summed E-state index contributed by atoms with van der Waals surface area (Å²) in [5, 5.41) is 8.37. The van der Waals surface area contributed by atoms with E-state index in [4.69, 9.17) is 0 Å². The Hall–Kier alpha value is -2.38. The van der Waals surface area contributed by atoms with Crippen LogP contribution in [0.2, 0.25) is 0 Å². The van der Waals surface area contributed by atoms with E-state index in [2.05, 4.69) is 81.6 Å². The van der Waals surface area contributed by atoms with E-state index in [1.54, 1.807) is 45.3 Å². The fraction of sp³-hybridized carbons (Fsp3) is 0. The highest BCUT2D eigenvalue weighted by molar-refractivity contribution is 7.26. The van der Waals surface area contributed by atoms with Crippen LogP contribution < -0.4 is 0 Å². The molecule has 5 aromatic rings. The fourth-order valence-electron chi connectivity index (χ4n) is 2.72. The van der Waals surface area contributed by atoms with Crippen LogP contribution >= 0.6 is 56.7 Å². The van der Waals surface area contributed by atoms with Crippen LogP contribution in [0.3, 0.4) is 0 Å². The predicted molar refractivity (Wildman–Crippen MR) is 132 cm³/mol. The molecule has 5 rings (SSSR count). The van der Waals surface area contributed by atoms with Gasteiger partial charge in [0.25, 0.3) is 0 Å². The fourth-order valence-corrected chi connectivity index (χ4v) is 6.79. The van der Waals surface area contributed by atoms with Crippen molar-refractivity contribution in [1.29, 1.82) is 0 Å². The molecule has 0 amide bonds. The molecule has 0 nitrogen and oxygen atoms in total. The van der Waals surface area contributed by atoms with Gasteiger partial charge < -0.3 is 0 Å². The van der Waals surface area contributed by atoms with Gasteiger partial charge in [-0.3, -0.25) is 0 Å². The summed E-state index contributed by atoms with van der Waals surface area (Å²) in [7, 11) is 0. The second kappa shape index (κ2) is 8.55. The van der Waals surface area contributed by atoms with Gasteiger partial charge in [-0.1, -0.05) is 41.9 Å². The molecule has 0 bridgehead atoms. The van der Waals surface area contributed by atoms with E-state index < -0.39 is 0 Å². The maximum Gasteiger partial charge on any atom is 0.0772 e. The summed E-state index contributed by atoms with van der Waals surface area (Å²) in [5.74, 6) is 13.4. The third-order valence-electron chi connectivity index (χ3n) is 4.06. The Morgan fingerprint density at radius 2 is 1.24 bits per heavy atom. The summed E-state index contributed by atoms with van der Waals surface area (Å²) in [6, 6.07) is 16.9. The molecule has 0 N–H and O–H groups in total. The Morgan fingerprint density at radius 1 is 0.552 bits per heavy atom. The van der Waals surface area contributed by atoms with Crippen LogP contribution in [0.25, 0.3) is 19.5 Å². The third-order valence-corrected chi connectivity index (χ3v) is 8.94. The van der Waals surface area contributed by atoms with E-state index in [1.807, 2.05) is 23.5 Å². The van der Waals surface area contributed by atoms with E-state index in [0.717, 1.165) is 20.9 Å². The number of thiophene rings is 5. The molecule has 0 saturated heterocycles. The lowest BCUT2D eigenvalue weighted by Crippen LogP contribution is -1.80. The molecule has 0 aliphatic heterocycles. The van der Waals surface area contributed by atoms with Crippen LogP contribution in [0.1, 0.15) is 20.9 Å². The van der Waals surface area contributed by atoms with Crippen molar-refractivity contribution in [2.75, 3.05) is 0 Å². The van der Waals surface area contributed by atoms with Gasteiger partial charge in [0.2, 0.25) is 0 Å². The Labute approximate surface area is 189 Å². The highest BCUT2D eigenvalue weighted by Crippen LogP contribution is 2.41. The summed E-state index contributed by atoms with van der Waals surface area (Å²) in [4.78, 5) is 7.21. The second-order valence-corrected chi connectivity index (χ2v) is 10.8. The average Bonchev–Trinajstić information content (AvgIpc) is 3.54. The maximum absolute atomic E-state index is 3.42. The van der Waals surface area contributed by atoms with Gasteiger partial charge in [-0.2, -0.15) is 0 Å². The molecule has 0 atom stereocenters.